The lowest BCUT2D eigenvalue weighted by molar-refractivity contribution is 0.670. The van der Waals surface area contributed by atoms with Crippen molar-refractivity contribution < 1.29 is 4.42 Å². The molecule has 0 aliphatic rings. The van der Waals surface area contributed by atoms with E-state index in [0.29, 0.717) is 6.54 Å². The van der Waals surface area contributed by atoms with E-state index < -0.39 is 0 Å². The Morgan fingerprint density at radius 3 is 1.46 bits per heavy atom. The van der Waals surface area contributed by atoms with Crippen LogP contribution in [0.25, 0.3) is 54.3 Å². The van der Waals surface area contributed by atoms with Crippen molar-refractivity contribution in [2.75, 3.05) is 0 Å². The Labute approximate surface area is 240 Å². The molecule has 1 heterocycles. The Balaban J connectivity index is 0.000000165. The maximum absolute atomic E-state index is 6.45. The van der Waals surface area contributed by atoms with Crippen LogP contribution in [0, 0.1) is 13.8 Å². The van der Waals surface area contributed by atoms with Gasteiger partial charge in [0.05, 0.1) is 0 Å². The number of para-hydroxylation sites is 1. The molecular formula is C39H33NO. The van der Waals surface area contributed by atoms with Gasteiger partial charge in [-0.25, -0.2) is 0 Å². The summed E-state index contributed by atoms with van der Waals surface area (Å²) in [6.45, 7) is 4.83. The lowest BCUT2D eigenvalue weighted by atomic mass is 9.93. The monoisotopic (exact) mass is 531 g/mol. The maximum atomic E-state index is 6.45. The summed E-state index contributed by atoms with van der Waals surface area (Å²) in [5, 5.41) is 9.96. The third kappa shape index (κ3) is 5.18. The lowest BCUT2D eigenvalue weighted by Gasteiger charge is -2.10. The fourth-order valence-electron chi connectivity index (χ4n) is 5.53. The van der Waals surface area contributed by atoms with Crippen LogP contribution in [-0.4, -0.2) is 0 Å². The van der Waals surface area contributed by atoms with E-state index in [-0.39, 0.29) is 0 Å². The average Bonchev–Trinajstić information content (AvgIpc) is 3.43. The fourth-order valence-corrected chi connectivity index (χ4v) is 5.53. The van der Waals surface area contributed by atoms with Crippen molar-refractivity contribution in [3.05, 3.63) is 156 Å². The molecule has 7 aromatic carbocycles. The van der Waals surface area contributed by atoms with Crippen LogP contribution in [0.15, 0.2) is 144 Å². The van der Waals surface area contributed by atoms with E-state index in [1.165, 1.54) is 59.8 Å². The molecule has 8 rings (SSSR count). The van der Waals surface area contributed by atoms with Crippen molar-refractivity contribution >= 4 is 54.3 Å². The first kappa shape index (κ1) is 26.3. The van der Waals surface area contributed by atoms with Crippen LogP contribution in [-0.2, 0) is 6.54 Å². The Kier molecular flexibility index (Phi) is 7.49. The van der Waals surface area contributed by atoms with Crippen LogP contribution < -0.4 is 5.73 Å². The van der Waals surface area contributed by atoms with Crippen LogP contribution in [0.3, 0.4) is 0 Å². The molecule has 0 unspecified atom stereocenters. The predicted molar refractivity (Wildman–Crippen MR) is 176 cm³/mol. The number of hydrogen-bond donors (Lipinski definition) is 1. The molecule has 0 bridgehead atoms. The summed E-state index contributed by atoms with van der Waals surface area (Å²) in [6.07, 6.45) is 0. The second-order valence-corrected chi connectivity index (χ2v) is 10.4. The van der Waals surface area contributed by atoms with Gasteiger partial charge in [0.1, 0.15) is 11.2 Å². The predicted octanol–water partition coefficient (Wildman–Crippen LogP) is 10.5. The van der Waals surface area contributed by atoms with Crippen LogP contribution >= 0.6 is 0 Å². The molecule has 2 heteroatoms. The molecule has 41 heavy (non-hydrogen) atoms. The minimum Gasteiger partial charge on any atom is -0.455 e. The van der Waals surface area contributed by atoms with Gasteiger partial charge in [-0.15, -0.1) is 0 Å². The highest BCUT2D eigenvalue weighted by atomic mass is 16.3. The maximum Gasteiger partial charge on any atom is 0.143 e. The standard InChI is InChI=1S/C25H16O.C7H9N.C7H8/c1-15-7-6-12-21-22-14-13-20-18-10-3-2-8-16(18)17-9-4-5-11-19(17)23(20)25(22)26-24(15)21;8-6-7-4-2-1-3-5-7;1-7-5-3-2-4-6-7/h2-14H,1H3;1-5H,6,8H2;2-6H,1H3. The summed E-state index contributed by atoms with van der Waals surface area (Å²) in [5.74, 6) is 0. The summed E-state index contributed by atoms with van der Waals surface area (Å²) in [5.41, 5.74) is 11.0. The van der Waals surface area contributed by atoms with Crippen LogP contribution in [0.1, 0.15) is 16.7 Å². The number of furan rings is 1. The SMILES string of the molecule is Cc1cccc2c1oc1c2ccc2c3ccccc3c3ccccc3c21.Cc1ccccc1.NCc1ccccc1. The van der Waals surface area contributed by atoms with E-state index in [1.54, 1.807) is 0 Å². The van der Waals surface area contributed by atoms with Gasteiger partial charge in [0.25, 0.3) is 0 Å². The summed E-state index contributed by atoms with van der Waals surface area (Å²) in [6, 6.07) is 48.4. The Bertz CT molecular complexity index is 2050. The second-order valence-electron chi connectivity index (χ2n) is 10.4. The number of rotatable bonds is 1. The molecule has 0 atom stereocenters. The Morgan fingerprint density at radius 2 is 0.902 bits per heavy atom. The van der Waals surface area contributed by atoms with Crippen molar-refractivity contribution in [1.82, 2.24) is 0 Å². The van der Waals surface area contributed by atoms with Gasteiger partial charge in [0.15, 0.2) is 0 Å². The van der Waals surface area contributed by atoms with Crippen molar-refractivity contribution in [1.29, 1.82) is 0 Å². The summed E-state index contributed by atoms with van der Waals surface area (Å²) >= 11 is 0. The van der Waals surface area contributed by atoms with Crippen molar-refractivity contribution in [3.8, 4) is 0 Å². The van der Waals surface area contributed by atoms with E-state index in [0.717, 1.165) is 11.2 Å². The topological polar surface area (TPSA) is 39.2 Å². The summed E-state index contributed by atoms with van der Waals surface area (Å²) in [4.78, 5) is 0. The van der Waals surface area contributed by atoms with Gasteiger partial charge < -0.3 is 10.2 Å². The van der Waals surface area contributed by atoms with E-state index in [4.69, 9.17) is 10.2 Å². The number of nitrogens with two attached hydrogens (primary N) is 1. The zero-order chi connectivity index (χ0) is 28.2. The molecule has 200 valence electrons. The molecule has 1 aromatic heterocycles. The molecule has 0 aliphatic carbocycles. The molecule has 0 amide bonds. The molecule has 0 saturated heterocycles. The average molecular weight is 532 g/mol. The minimum absolute atomic E-state index is 0.640. The molecular weight excluding hydrogens is 498 g/mol. The van der Waals surface area contributed by atoms with Crippen molar-refractivity contribution in [2.45, 2.75) is 20.4 Å². The van der Waals surface area contributed by atoms with Gasteiger partial charge in [-0.05, 0) is 58.0 Å². The smallest absolute Gasteiger partial charge is 0.143 e. The molecule has 8 aromatic rings. The quantitative estimate of drug-likeness (QED) is 0.214. The number of benzene rings is 7. The molecule has 0 aliphatic heterocycles. The summed E-state index contributed by atoms with van der Waals surface area (Å²) in [7, 11) is 0. The third-order valence-corrected chi connectivity index (χ3v) is 7.59. The number of aryl methyl sites for hydroxylation is 2. The molecule has 0 saturated carbocycles. The van der Waals surface area contributed by atoms with Gasteiger partial charge in [0, 0.05) is 22.7 Å². The van der Waals surface area contributed by atoms with Crippen molar-refractivity contribution in [2.24, 2.45) is 5.73 Å². The molecule has 0 fully saturated rings. The fraction of sp³-hybridized carbons (Fsp3) is 0.0769. The largest absolute Gasteiger partial charge is 0.455 e. The van der Waals surface area contributed by atoms with Gasteiger partial charge >= 0.3 is 0 Å². The van der Waals surface area contributed by atoms with Crippen molar-refractivity contribution in [3.63, 3.8) is 0 Å². The zero-order valence-electron chi connectivity index (χ0n) is 23.5. The first-order chi connectivity index (χ1) is 20.2. The molecule has 0 radical (unpaired) electrons. The molecule has 2 N–H and O–H groups in total. The first-order valence-electron chi connectivity index (χ1n) is 14.1. The molecule has 0 spiro atoms. The number of hydrogen-bond acceptors (Lipinski definition) is 2. The van der Waals surface area contributed by atoms with Crippen LogP contribution in [0.5, 0.6) is 0 Å². The normalized spacial score (nSPS) is 10.9. The lowest BCUT2D eigenvalue weighted by Crippen LogP contribution is -1.94. The van der Waals surface area contributed by atoms with E-state index in [2.05, 4.69) is 105 Å². The minimum atomic E-state index is 0.640. The zero-order valence-corrected chi connectivity index (χ0v) is 23.5. The van der Waals surface area contributed by atoms with Crippen LogP contribution in [0.4, 0.5) is 0 Å². The van der Waals surface area contributed by atoms with Gasteiger partial charge in [-0.3, -0.25) is 0 Å². The van der Waals surface area contributed by atoms with Crippen LogP contribution in [0.2, 0.25) is 0 Å². The van der Waals surface area contributed by atoms with E-state index in [1.807, 2.05) is 48.5 Å². The number of fused-ring (bicyclic) bond motifs is 10. The second kappa shape index (κ2) is 11.7. The summed E-state index contributed by atoms with van der Waals surface area (Å²) < 4.78 is 6.45. The van der Waals surface area contributed by atoms with Gasteiger partial charge in [0.2, 0.25) is 0 Å². The highest BCUT2D eigenvalue weighted by Crippen LogP contribution is 2.42. The highest BCUT2D eigenvalue weighted by molar-refractivity contribution is 6.32. The van der Waals surface area contributed by atoms with Gasteiger partial charge in [-0.2, -0.15) is 0 Å². The Morgan fingerprint density at radius 1 is 0.439 bits per heavy atom. The highest BCUT2D eigenvalue weighted by Gasteiger charge is 2.16. The Hall–Kier alpha value is -4.92. The molecule has 2 nitrogen and oxygen atoms in total. The van der Waals surface area contributed by atoms with E-state index >= 15 is 0 Å². The van der Waals surface area contributed by atoms with E-state index in [9.17, 15) is 0 Å². The third-order valence-electron chi connectivity index (χ3n) is 7.59. The first-order valence-corrected chi connectivity index (χ1v) is 14.1. The van der Waals surface area contributed by atoms with Gasteiger partial charge in [-0.1, -0.05) is 139 Å².